The zero-order valence-corrected chi connectivity index (χ0v) is 17.9. The van der Waals surface area contributed by atoms with Crippen molar-refractivity contribution in [3.05, 3.63) is 47.1 Å². The van der Waals surface area contributed by atoms with E-state index in [1.165, 1.54) is 11.1 Å². The smallest absolute Gasteiger partial charge is 0.228 e. The molecule has 0 aliphatic carbocycles. The van der Waals surface area contributed by atoms with Crippen molar-refractivity contribution in [1.29, 1.82) is 0 Å². The molecule has 2 rings (SSSR count). The fraction of sp³-hybridized carbons (Fsp3) is 0.500. The number of aryl methyl sites for hydroxylation is 1. The zero-order chi connectivity index (χ0) is 17.5. The average Bonchev–Trinajstić information content (AvgIpc) is 3.03. The molecule has 1 aromatic carbocycles. The third-order valence-electron chi connectivity index (χ3n) is 3.86. The lowest BCUT2D eigenvalue weighted by molar-refractivity contribution is 0.371. The van der Waals surface area contributed by atoms with Gasteiger partial charge in [0.15, 0.2) is 11.8 Å². The first-order chi connectivity index (χ1) is 11.5. The molecule has 0 amide bonds. The van der Waals surface area contributed by atoms with Crippen LogP contribution in [-0.2, 0) is 6.42 Å². The number of hydrogen-bond acceptors (Lipinski definition) is 4. The Kier molecular flexibility index (Phi) is 8.88. The second kappa shape index (κ2) is 10.4. The van der Waals surface area contributed by atoms with Crippen LogP contribution in [0, 0.1) is 6.92 Å². The molecule has 1 atom stereocenters. The Labute approximate surface area is 166 Å². The van der Waals surface area contributed by atoms with Crippen LogP contribution in [0.3, 0.4) is 0 Å². The quantitative estimate of drug-likeness (QED) is 0.394. The van der Waals surface area contributed by atoms with E-state index < -0.39 is 0 Å². The van der Waals surface area contributed by atoms with Crippen molar-refractivity contribution in [2.75, 3.05) is 13.6 Å². The summed E-state index contributed by atoms with van der Waals surface area (Å²) in [7, 11) is 1.77. The van der Waals surface area contributed by atoms with Crippen LogP contribution >= 0.6 is 24.0 Å². The minimum Gasteiger partial charge on any atom is -0.356 e. The van der Waals surface area contributed by atoms with Crippen molar-refractivity contribution in [2.45, 2.75) is 46.1 Å². The number of benzene rings is 1. The molecule has 0 fully saturated rings. The molecule has 138 valence electrons. The van der Waals surface area contributed by atoms with Crippen LogP contribution in [0.5, 0.6) is 0 Å². The van der Waals surface area contributed by atoms with E-state index in [1.807, 2.05) is 13.8 Å². The van der Waals surface area contributed by atoms with Crippen LogP contribution in [0.2, 0.25) is 0 Å². The van der Waals surface area contributed by atoms with Gasteiger partial charge in [0.25, 0.3) is 0 Å². The summed E-state index contributed by atoms with van der Waals surface area (Å²) in [6.07, 6.45) is 0.666. The van der Waals surface area contributed by atoms with Gasteiger partial charge in [-0.05, 0) is 25.0 Å². The number of aliphatic imine (C=N–C) groups is 1. The van der Waals surface area contributed by atoms with E-state index in [2.05, 4.69) is 63.9 Å². The fourth-order valence-corrected chi connectivity index (χ4v) is 2.44. The minimum absolute atomic E-state index is 0. The molecule has 0 aliphatic heterocycles. The highest BCUT2D eigenvalue weighted by Crippen LogP contribution is 2.16. The van der Waals surface area contributed by atoms with Crippen LogP contribution in [0.4, 0.5) is 0 Å². The maximum absolute atomic E-state index is 5.25. The van der Waals surface area contributed by atoms with E-state index in [0.29, 0.717) is 18.9 Å². The van der Waals surface area contributed by atoms with Crippen LogP contribution in [-0.4, -0.2) is 29.7 Å². The second-order valence-electron chi connectivity index (χ2n) is 6.17. The Hall–Kier alpha value is -1.64. The largest absolute Gasteiger partial charge is 0.356 e. The summed E-state index contributed by atoms with van der Waals surface area (Å²) in [5.74, 6) is 2.43. The van der Waals surface area contributed by atoms with Crippen molar-refractivity contribution in [3.8, 4) is 0 Å². The van der Waals surface area contributed by atoms with Gasteiger partial charge < -0.3 is 15.2 Å². The Morgan fingerprint density at radius 2 is 1.96 bits per heavy atom. The standard InChI is InChI=1S/C18H27N5O.HI/c1-12(2)17-22-16(24-23-17)10-11-20-18(19-5)21-14(4)15-9-7-6-8-13(15)3;/h6-9,12,14H,10-11H2,1-5H3,(H2,19,20,21);1H. The van der Waals surface area contributed by atoms with Crippen molar-refractivity contribution in [2.24, 2.45) is 4.99 Å². The molecule has 1 aromatic heterocycles. The average molecular weight is 457 g/mol. The number of nitrogens with zero attached hydrogens (tertiary/aromatic N) is 3. The second-order valence-corrected chi connectivity index (χ2v) is 6.17. The first-order valence-electron chi connectivity index (χ1n) is 8.36. The Balaban J connectivity index is 0.00000312. The molecular formula is C18H28IN5O. The molecule has 2 aromatic rings. The molecule has 0 spiro atoms. The van der Waals surface area contributed by atoms with Gasteiger partial charge in [-0.2, -0.15) is 4.98 Å². The summed E-state index contributed by atoms with van der Waals surface area (Å²) in [4.78, 5) is 8.65. The Morgan fingerprint density at radius 1 is 1.24 bits per heavy atom. The molecule has 0 aliphatic rings. The molecule has 0 radical (unpaired) electrons. The summed E-state index contributed by atoms with van der Waals surface area (Å²) >= 11 is 0. The summed E-state index contributed by atoms with van der Waals surface area (Å²) in [6, 6.07) is 8.53. The van der Waals surface area contributed by atoms with E-state index in [1.54, 1.807) is 7.05 Å². The number of nitrogens with one attached hydrogen (secondary N) is 2. The number of guanidine groups is 1. The Morgan fingerprint density at radius 3 is 2.56 bits per heavy atom. The molecule has 0 bridgehead atoms. The van der Waals surface area contributed by atoms with E-state index >= 15 is 0 Å². The lowest BCUT2D eigenvalue weighted by Gasteiger charge is -2.19. The molecular weight excluding hydrogens is 429 g/mol. The molecule has 0 saturated heterocycles. The van der Waals surface area contributed by atoms with Crippen LogP contribution in [0.15, 0.2) is 33.8 Å². The van der Waals surface area contributed by atoms with Gasteiger partial charge >= 0.3 is 0 Å². The summed E-state index contributed by atoms with van der Waals surface area (Å²) in [5.41, 5.74) is 2.53. The number of aromatic nitrogens is 2. The Bertz CT molecular complexity index is 684. The van der Waals surface area contributed by atoms with Gasteiger partial charge in [0.2, 0.25) is 5.89 Å². The zero-order valence-electron chi connectivity index (χ0n) is 15.5. The van der Waals surface area contributed by atoms with Gasteiger partial charge in [-0.25, -0.2) is 0 Å². The van der Waals surface area contributed by atoms with Gasteiger partial charge in [-0.1, -0.05) is 43.3 Å². The number of rotatable bonds is 6. The van der Waals surface area contributed by atoms with E-state index in [0.717, 1.165) is 11.8 Å². The summed E-state index contributed by atoms with van der Waals surface area (Å²) < 4.78 is 5.25. The van der Waals surface area contributed by atoms with Gasteiger partial charge in [0, 0.05) is 25.9 Å². The van der Waals surface area contributed by atoms with Crippen molar-refractivity contribution in [1.82, 2.24) is 20.8 Å². The van der Waals surface area contributed by atoms with Crippen LogP contribution in [0.25, 0.3) is 0 Å². The molecule has 6 nitrogen and oxygen atoms in total. The molecule has 1 heterocycles. The molecule has 0 saturated carbocycles. The fourth-order valence-electron chi connectivity index (χ4n) is 2.44. The van der Waals surface area contributed by atoms with Crippen molar-refractivity contribution < 1.29 is 4.52 Å². The van der Waals surface area contributed by atoms with Crippen LogP contribution in [0.1, 0.15) is 55.6 Å². The predicted octanol–water partition coefficient (Wildman–Crippen LogP) is 3.59. The van der Waals surface area contributed by atoms with E-state index in [9.17, 15) is 0 Å². The normalized spacial score (nSPS) is 12.6. The topological polar surface area (TPSA) is 75.3 Å². The lowest BCUT2D eigenvalue weighted by atomic mass is 10.0. The van der Waals surface area contributed by atoms with Crippen molar-refractivity contribution in [3.63, 3.8) is 0 Å². The summed E-state index contributed by atoms with van der Waals surface area (Å²) in [6.45, 7) is 9.02. The van der Waals surface area contributed by atoms with Gasteiger partial charge in [0.1, 0.15) is 0 Å². The highest BCUT2D eigenvalue weighted by molar-refractivity contribution is 14.0. The third-order valence-corrected chi connectivity index (χ3v) is 3.86. The predicted molar refractivity (Wildman–Crippen MR) is 112 cm³/mol. The van der Waals surface area contributed by atoms with Gasteiger partial charge in [-0.3, -0.25) is 4.99 Å². The third kappa shape index (κ3) is 6.30. The van der Waals surface area contributed by atoms with Crippen LogP contribution < -0.4 is 10.6 Å². The van der Waals surface area contributed by atoms with Gasteiger partial charge in [0.05, 0.1) is 6.04 Å². The van der Waals surface area contributed by atoms with Crippen molar-refractivity contribution >= 4 is 29.9 Å². The highest BCUT2D eigenvalue weighted by atomic mass is 127. The van der Waals surface area contributed by atoms with Gasteiger partial charge in [-0.15, -0.1) is 24.0 Å². The molecule has 1 unspecified atom stereocenters. The number of hydrogen-bond donors (Lipinski definition) is 2. The maximum atomic E-state index is 5.25. The minimum atomic E-state index is 0. The number of halogens is 1. The van der Waals surface area contributed by atoms with E-state index in [4.69, 9.17) is 4.52 Å². The first kappa shape index (κ1) is 21.4. The maximum Gasteiger partial charge on any atom is 0.228 e. The summed E-state index contributed by atoms with van der Waals surface area (Å²) in [5, 5.41) is 10.7. The first-order valence-corrected chi connectivity index (χ1v) is 8.36. The highest BCUT2D eigenvalue weighted by Gasteiger charge is 2.11. The monoisotopic (exact) mass is 457 g/mol. The lowest BCUT2D eigenvalue weighted by Crippen LogP contribution is -2.39. The molecule has 25 heavy (non-hydrogen) atoms. The molecule has 7 heteroatoms. The SMILES string of the molecule is CN=C(NCCc1nc(C(C)C)no1)NC(C)c1ccccc1C.I. The van der Waals surface area contributed by atoms with E-state index in [-0.39, 0.29) is 35.9 Å². The molecule has 2 N–H and O–H groups in total.